The van der Waals surface area contributed by atoms with Crippen LogP contribution in [-0.2, 0) is 0 Å². The Hall–Kier alpha value is -2.85. The average Bonchev–Trinajstić information content (AvgIpc) is 3.66. The lowest BCUT2D eigenvalue weighted by atomic mass is 9.82. The molecule has 2 N–H and O–H groups in total. The van der Waals surface area contributed by atoms with E-state index in [1.165, 1.54) is 24.4 Å². The third-order valence-corrected chi connectivity index (χ3v) is 8.37. The van der Waals surface area contributed by atoms with Crippen LogP contribution < -0.4 is 10.2 Å². The van der Waals surface area contributed by atoms with Gasteiger partial charge in [-0.1, -0.05) is 6.07 Å². The van der Waals surface area contributed by atoms with Crippen LogP contribution in [0.15, 0.2) is 41.6 Å². The Morgan fingerprint density at radius 2 is 2.00 bits per heavy atom. The Morgan fingerprint density at radius 3 is 2.70 bits per heavy atom. The Balaban J connectivity index is 1.26. The molecule has 10 heteroatoms. The van der Waals surface area contributed by atoms with Crippen molar-refractivity contribution in [3.63, 3.8) is 0 Å². The first-order chi connectivity index (χ1) is 18.8. The maximum Gasteiger partial charge on any atom is 0.245 e. The van der Waals surface area contributed by atoms with E-state index in [9.17, 15) is 9.50 Å². The van der Waals surface area contributed by atoms with E-state index in [4.69, 9.17) is 4.11 Å². The molecule has 2 saturated heterocycles. The van der Waals surface area contributed by atoms with Gasteiger partial charge >= 0.3 is 0 Å². The Morgan fingerprint density at radius 1 is 1.16 bits per heavy atom. The van der Waals surface area contributed by atoms with E-state index in [0.29, 0.717) is 46.5 Å². The van der Waals surface area contributed by atoms with Gasteiger partial charge in [-0.05, 0) is 81.5 Å². The molecule has 1 saturated carbocycles. The van der Waals surface area contributed by atoms with E-state index in [1.54, 1.807) is 12.1 Å². The van der Waals surface area contributed by atoms with Crippen LogP contribution in [0.5, 0.6) is 5.75 Å². The number of benzene rings is 1. The second kappa shape index (κ2) is 8.87. The Labute approximate surface area is 223 Å². The molecule has 2 aromatic heterocycles. The number of alkyl halides is 1. The number of nitrogens with zero attached hydrogens (tertiary/aromatic N) is 5. The number of phenolic OH excluding ortho intramolecular Hbond substituents is 1. The van der Waals surface area contributed by atoms with E-state index in [1.807, 2.05) is 11.8 Å². The fourth-order valence-electron chi connectivity index (χ4n) is 6.00. The zero-order valence-corrected chi connectivity index (χ0v) is 21.4. The van der Waals surface area contributed by atoms with Crippen molar-refractivity contribution in [3.05, 3.63) is 42.5 Å². The van der Waals surface area contributed by atoms with Crippen molar-refractivity contribution in [2.45, 2.75) is 80.3 Å². The third kappa shape index (κ3) is 4.44. The van der Waals surface area contributed by atoms with Crippen LogP contribution in [0.25, 0.3) is 22.4 Å². The van der Waals surface area contributed by atoms with Gasteiger partial charge in [0.05, 0.1) is 17.3 Å². The summed E-state index contributed by atoms with van der Waals surface area (Å²) in [6.45, 7) is 4.12. The number of hydrogen-bond donors (Lipinski definition) is 2. The molecule has 0 spiro atoms. The number of phenols is 1. The molecule has 3 fully saturated rings. The van der Waals surface area contributed by atoms with Gasteiger partial charge in [-0.25, -0.2) is 14.4 Å². The molecule has 0 radical (unpaired) electrons. The predicted molar refractivity (Wildman–Crippen MR) is 140 cm³/mol. The van der Waals surface area contributed by atoms with Gasteiger partial charge in [-0.3, -0.25) is 0 Å². The van der Waals surface area contributed by atoms with Gasteiger partial charge < -0.3 is 15.3 Å². The van der Waals surface area contributed by atoms with Crippen molar-refractivity contribution in [2.24, 2.45) is 0 Å². The number of anilines is 1. The molecule has 6 rings (SSSR count). The standard InChI is InChI=1S/C27H30F2N6OS/c1-26-8-9-27(2,34-26)24(29)20(13-26)35(17-5-6-17)25-30-14-19(32-33-25)18-7-4-15(10-21(18)36)16-11-22(28)31-23(12-16)37-3/h4,7,10-12,14,17,20,24,34,36H,5-6,8-9,13H2,1-3H3/t20-,24-,26-,27+/m0/s1/i3D3. The van der Waals surface area contributed by atoms with Crippen molar-refractivity contribution in [1.29, 1.82) is 0 Å². The van der Waals surface area contributed by atoms with Crippen LogP contribution in [0, 0.1) is 5.95 Å². The minimum Gasteiger partial charge on any atom is -0.507 e. The summed E-state index contributed by atoms with van der Waals surface area (Å²) in [6, 6.07) is 7.20. The monoisotopic (exact) mass is 527 g/mol. The number of aromatic hydroxyl groups is 1. The number of aromatic nitrogens is 4. The first-order valence-corrected chi connectivity index (χ1v) is 13.3. The van der Waals surface area contributed by atoms with E-state index >= 15 is 4.39 Å². The maximum atomic E-state index is 15.9. The second-order valence-electron chi connectivity index (χ2n) is 10.9. The molecular formula is C27H30F2N6OS. The predicted octanol–water partition coefficient (Wildman–Crippen LogP) is 5.15. The van der Waals surface area contributed by atoms with Gasteiger partial charge in [0.2, 0.25) is 11.9 Å². The molecule has 37 heavy (non-hydrogen) atoms. The number of fused-ring (bicyclic) bond motifs is 2. The minimum absolute atomic E-state index is 0.0182. The SMILES string of the molecule is [2H]C([2H])([2H])Sc1cc(-c2ccc(-c3cnc(N(C4CC4)[C@H]4C[C@]5(C)CC[C@@](C)(N5)[C@H]4F)nn3)c(O)c2)cc(F)n1. The summed E-state index contributed by atoms with van der Waals surface area (Å²) in [5.74, 6) is -0.559. The van der Waals surface area contributed by atoms with Crippen LogP contribution in [0.2, 0.25) is 0 Å². The number of thioether (sulfide) groups is 1. The van der Waals surface area contributed by atoms with Gasteiger partial charge in [0.1, 0.15) is 17.6 Å². The number of piperidine rings is 1. The van der Waals surface area contributed by atoms with E-state index in [2.05, 4.69) is 32.4 Å². The van der Waals surface area contributed by atoms with Gasteiger partial charge in [0.15, 0.2) is 0 Å². The van der Waals surface area contributed by atoms with Crippen molar-refractivity contribution >= 4 is 17.7 Å². The molecular weight excluding hydrogens is 494 g/mol. The fourth-order valence-corrected chi connectivity index (χ4v) is 6.32. The molecule has 4 atom stereocenters. The summed E-state index contributed by atoms with van der Waals surface area (Å²) in [6.07, 6.45) is 2.38. The van der Waals surface area contributed by atoms with Crippen molar-refractivity contribution in [1.82, 2.24) is 25.5 Å². The highest BCUT2D eigenvalue weighted by molar-refractivity contribution is 7.98. The average molecular weight is 528 g/mol. The number of nitrogens with one attached hydrogen (secondary N) is 1. The second-order valence-corrected chi connectivity index (χ2v) is 11.5. The fraction of sp³-hybridized carbons (Fsp3) is 0.481. The lowest BCUT2D eigenvalue weighted by Gasteiger charge is -2.48. The quantitative estimate of drug-likeness (QED) is 0.336. The molecule has 3 aliphatic rings. The zero-order chi connectivity index (χ0) is 28.4. The topological polar surface area (TPSA) is 87.1 Å². The normalized spacial score (nSPS) is 30.4. The molecule has 2 aliphatic heterocycles. The third-order valence-electron chi connectivity index (χ3n) is 7.95. The van der Waals surface area contributed by atoms with Crippen LogP contribution >= 0.6 is 11.8 Å². The first kappa shape index (κ1) is 21.1. The van der Waals surface area contributed by atoms with Crippen LogP contribution in [0.1, 0.15) is 50.1 Å². The molecule has 3 aromatic rings. The Bertz CT molecular complexity index is 1440. The van der Waals surface area contributed by atoms with Crippen LogP contribution in [0.4, 0.5) is 14.7 Å². The van der Waals surface area contributed by atoms with E-state index < -0.39 is 23.8 Å². The molecule has 2 bridgehead atoms. The highest BCUT2D eigenvalue weighted by Gasteiger charge is 2.58. The largest absolute Gasteiger partial charge is 0.507 e. The first-order valence-electron chi connectivity index (χ1n) is 13.9. The van der Waals surface area contributed by atoms with E-state index in [0.717, 1.165) is 25.7 Å². The van der Waals surface area contributed by atoms with Crippen LogP contribution in [0.3, 0.4) is 0 Å². The van der Waals surface area contributed by atoms with Gasteiger partial charge in [-0.2, -0.15) is 4.39 Å². The number of halogens is 2. The summed E-state index contributed by atoms with van der Waals surface area (Å²) in [7, 11) is 0. The van der Waals surface area contributed by atoms with Gasteiger partial charge in [0.25, 0.3) is 0 Å². The van der Waals surface area contributed by atoms with E-state index in [-0.39, 0.29) is 28.4 Å². The number of pyridine rings is 1. The Kier molecular flexibility index (Phi) is 5.06. The number of rotatable bonds is 6. The van der Waals surface area contributed by atoms with Gasteiger partial charge in [0, 0.05) is 32.9 Å². The molecule has 1 aromatic carbocycles. The van der Waals surface area contributed by atoms with Crippen molar-refractivity contribution < 1.29 is 18.0 Å². The zero-order valence-electron chi connectivity index (χ0n) is 23.6. The minimum atomic E-state index is -2.37. The summed E-state index contributed by atoms with van der Waals surface area (Å²) >= 11 is 0.480. The summed E-state index contributed by atoms with van der Waals surface area (Å²) in [4.78, 5) is 10.2. The molecule has 194 valence electrons. The van der Waals surface area contributed by atoms with Crippen molar-refractivity contribution in [3.8, 4) is 28.1 Å². The molecule has 7 nitrogen and oxygen atoms in total. The molecule has 0 amide bonds. The summed E-state index contributed by atoms with van der Waals surface area (Å²) in [5, 5.41) is 23.0. The lowest BCUT2D eigenvalue weighted by Crippen LogP contribution is -2.66. The smallest absolute Gasteiger partial charge is 0.245 e. The molecule has 1 aliphatic carbocycles. The lowest BCUT2D eigenvalue weighted by molar-refractivity contribution is 0.0828. The number of hydrogen-bond acceptors (Lipinski definition) is 8. The highest BCUT2D eigenvalue weighted by Crippen LogP contribution is 2.47. The molecule has 0 unspecified atom stereocenters. The van der Waals surface area contributed by atoms with Gasteiger partial charge in [-0.15, -0.1) is 22.0 Å². The summed E-state index contributed by atoms with van der Waals surface area (Å²) < 4.78 is 52.2. The van der Waals surface area contributed by atoms with Crippen molar-refractivity contribution in [2.75, 3.05) is 11.1 Å². The molecule has 4 heterocycles. The maximum absolute atomic E-state index is 15.9. The summed E-state index contributed by atoms with van der Waals surface area (Å²) in [5.41, 5.74) is 0.867. The van der Waals surface area contributed by atoms with Crippen LogP contribution in [-0.4, -0.2) is 60.8 Å². The highest BCUT2D eigenvalue weighted by atomic mass is 32.2.